The van der Waals surface area contributed by atoms with E-state index in [4.69, 9.17) is 13.7 Å². The predicted octanol–water partition coefficient (Wildman–Crippen LogP) is 1.52. The highest BCUT2D eigenvalue weighted by Crippen LogP contribution is 2.28. The fraction of sp³-hybridized carbons (Fsp3) is 0.273. The maximum Gasteiger partial charge on any atom is 0.273 e. The van der Waals surface area contributed by atoms with Crippen LogP contribution < -0.4 is 4.74 Å². The van der Waals surface area contributed by atoms with E-state index in [2.05, 4.69) is 10.2 Å². The van der Waals surface area contributed by atoms with Crippen molar-refractivity contribution in [2.45, 2.75) is 12.7 Å². The molecule has 0 aliphatic rings. The number of ether oxygens (including phenoxy) is 1. The molecule has 0 fully saturated rings. The summed E-state index contributed by atoms with van der Waals surface area (Å²) >= 11 is 0. The predicted molar refractivity (Wildman–Crippen MR) is 66.2 cm³/mol. The first-order chi connectivity index (χ1) is 8.99. The zero-order valence-electron chi connectivity index (χ0n) is 10.1. The third kappa shape index (κ3) is 3.52. The van der Waals surface area contributed by atoms with Crippen molar-refractivity contribution in [3.63, 3.8) is 0 Å². The van der Waals surface area contributed by atoms with Crippen LogP contribution in [0.15, 0.2) is 28.7 Å². The average molecular weight is 284 g/mol. The first-order valence-electron chi connectivity index (χ1n) is 5.49. The van der Waals surface area contributed by atoms with Gasteiger partial charge in [0.25, 0.3) is 16.0 Å². The number of rotatable bonds is 5. The molecule has 0 radical (unpaired) electrons. The van der Waals surface area contributed by atoms with Crippen molar-refractivity contribution in [3.05, 3.63) is 30.2 Å². The van der Waals surface area contributed by atoms with Gasteiger partial charge in [-0.15, -0.1) is 10.2 Å². The number of benzene rings is 1. The molecule has 1 aromatic carbocycles. The van der Waals surface area contributed by atoms with Crippen LogP contribution in [0, 0.1) is 0 Å². The molecule has 0 unspecified atom stereocenters. The molecule has 2 aromatic rings. The van der Waals surface area contributed by atoms with Crippen molar-refractivity contribution in [1.82, 2.24) is 10.2 Å². The normalized spacial score (nSPS) is 11.5. The number of aromatic nitrogens is 2. The van der Waals surface area contributed by atoms with Crippen molar-refractivity contribution < 1.29 is 22.1 Å². The summed E-state index contributed by atoms with van der Waals surface area (Å²) in [4.78, 5) is 0. The highest BCUT2D eigenvalue weighted by Gasteiger charge is 2.17. The topological polar surface area (TPSA) is 103 Å². The summed E-state index contributed by atoms with van der Waals surface area (Å²) in [6.45, 7) is 2.32. The minimum absolute atomic E-state index is 0.141. The molecule has 0 aliphatic heterocycles. The second kappa shape index (κ2) is 5.37. The maximum atomic E-state index is 10.7. The quantitative estimate of drug-likeness (QED) is 0.830. The molecule has 0 spiro atoms. The van der Waals surface area contributed by atoms with Gasteiger partial charge in [0.15, 0.2) is 5.75 Å². The van der Waals surface area contributed by atoms with Crippen molar-refractivity contribution in [3.8, 4) is 17.2 Å². The van der Waals surface area contributed by atoms with Crippen LogP contribution >= 0.6 is 0 Å². The Morgan fingerprint density at radius 2 is 2.05 bits per heavy atom. The molecule has 1 aromatic heterocycles. The second-order valence-corrected chi connectivity index (χ2v) is 5.11. The van der Waals surface area contributed by atoms with Gasteiger partial charge in [0, 0.05) is 0 Å². The molecule has 8 heteroatoms. The number of hydrogen-bond donors (Lipinski definition) is 1. The van der Waals surface area contributed by atoms with Crippen LogP contribution in [0.1, 0.15) is 12.8 Å². The Hall–Kier alpha value is -1.93. The summed E-state index contributed by atoms with van der Waals surface area (Å²) in [6.07, 6.45) is 0. The van der Waals surface area contributed by atoms with Crippen LogP contribution in [0.5, 0.6) is 5.75 Å². The van der Waals surface area contributed by atoms with Gasteiger partial charge in [0.2, 0.25) is 5.89 Å². The highest BCUT2D eigenvalue weighted by atomic mass is 32.2. The summed E-state index contributed by atoms with van der Waals surface area (Å²) in [7, 11) is -4.19. The first kappa shape index (κ1) is 13.5. The summed E-state index contributed by atoms with van der Waals surface area (Å²) < 4.78 is 40.7. The standard InChI is InChI=1S/C11H12N2O5S/c1-2-17-9-6-4-3-5-8(9)11-13-12-10(18-11)7-19(14,15)16/h3-6H,2,7H2,1H3,(H,14,15,16). The third-order valence-corrected chi connectivity index (χ3v) is 2.80. The molecule has 0 amide bonds. The lowest BCUT2D eigenvalue weighted by Gasteiger charge is -2.05. The Balaban J connectivity index is 2.33. The van der Waals surface area contributed by atoms with E-state index < -0.39 is 15.9 Å². The van der Waals surface area contributed by atoms with E-state index in [9.17, 15) is 8.42 Å². The van der Waals surface area contributed by atoms with E-state index in [0.29, 0.717) is 17.9 Å². The maximum absolute atomic E-state index is 10.7. The first-order valence-corrected chi connectivity index (χ1v) is 7.10. The van der Waals surface area contributed by atoms with E-state index in [-0.39, 0.29) is 11.8 Å². The number of hydrogen-bond acceptors (Lipinski definition) is 6. The van der Waals surface area contributed by atoms with E-state index in [1.54, 1.807) is 24.3 Å². The molecule has 0 saturated heterocycles. The number of para-hydroxylation sites is 1. The summed E-state index contributed by atoms with van der Waals surface area (Å²) in [6, 6.07) is 7.02. The van der Waals surface area contributed by atoms with Crippen LogP contribution in [-0.4, -0.2) is 29.8 Å². The zero-order valence-corrected chi connectivity index (χ0v) is 10.9. The minimum Gasteiger partial charge on any atom is -0.493 e. The van der Waals surface area contributed by atoms with Crippen LogP contribution in [0.4, 0.5) is 0 Å². The van der Waals surface area contributed by atoms with Gasteiger partial charge in [0.05, 0.1) is 12.2 Å². The van der Waals surface area contributed by atoms with Gasteiger partial charge < -0.3 is 9.15 Å². The summed E-state index contributed by atoms with van der Waals surface area (Å²) in [5, 5.41) is 7.31. The fourth-order valence-electron chi connectivity index (χ4n) is 1.50. The lowest BCUT2D eigenvalue weighted by Crippen LogP contribution is -2.01. The Kier molecular flexibility index (Phi) is 3.82. The Morgan fingerprint density at radius 1 is 1.32 bits per heavy atom. The highest BCUT2D eigenvalue weighted by molar-refractivity contribution is 7.84. The Bertz CT molecular complexity index is 665. The zero-order chi connectivity index (χ0) is 13.9. The largest absolute Gasteiger partial charge is 0.493 e. The van der Waals surface area contributed by atoms with Gasteiger partial charge in [-0.3, -0.25) is 4.55 Å². The Labute approximate surface area is 110 Å². The van der Waals surface area contributed by atoms with Crippen molar-refractivity contribution >= 4 is 10.1 Å². The van der Waals surface area contributed by atoms with Gasteiger partial charge in [-0.1, -0.05) is 12.1 Å². The smallest absolute Gasteiger partial charge is 0.273 e. The van der Waals surface area contributed by atoms with Crippen LogP contribution in [0.25, 0.3) is 11.5 Å². The van der Waals surface area contributed by atoms with Gasteiger partial charge in [-0.2, -0.15) is 8.42 Å². The third-order valence-electron chi connectivity index (χ3n) is 2.19. The van der Waals surface area contributed by atoms with Crippen LogP contribution in [0.2, 0.25) is 0 Å². The molecule has 0 bridgehead atoms. The molecule has 1 heterocycles. The lowest BCUT2D eigenvalue weighted by atomic mass is 10.2. The molecule has 0 atom stereocenters. The molecule has 102 valence electrons. The monoisotopic (exact) mass is 284 g/mol. The SMILES string of the molecule is CCOc1ccccc1-c1nnc(CS(=O)(=O)O)o1. The molecule has 19 heavy (non-hydrogen) atoms. The lowest BCUT2D eigenvalue weighted by molar-refractivity contribution is 0.340. The summed E-state index contributed by atoms with van der Waals surface area (Å²) in [5.41, 5.74) is 0.568. The van der Waals surface area contributed by atoms with E-state index in [1.165, 1.54) is 0 Å². The van der Waals surface area contributed by atoms with E-state index in [1.807, 2.05) is 6.92 Å². The minimum atomic E-state index is -4.19. The van der Waals surface area contributed by atoms with Crippen LogP contribution in [-0.2, 0) is 15.9 Å². The number of nitrogens with zero attached hydrogens (tertiary/aromatic N) is 2. The molecule has 0 saturated carbocycles. The fourth-order valence-corrected chi connectivity index (χ4v) is 1.93. The molecule has 7 nitrogen and oxygen atoms in total. The van der Waals surface area contributed by atoms with E-state index in [0.717, 1.165) is 0 Å². The Morgan fingerprint density at radius 3 is 2.74 bits per heavy atom. The van der Waals surface area contributed by atoms with Gasteiger partial charge in [0.1, 0.15) is 5.75 Å². The van der Waals surface area contributed by atoms with Crippen molar-refractivity contribution in [2.24, 2.45) is 0 Å². The summed E-state index contributed by atoms with van der Waals surface area (Å²) in [5.74, 6) is -0.185. The molecule has 1 N–H and O–H groups in total. The van der Waals surface area contributed by atoms with Crippen molar-refractivity contribution in [2.75, 3.05) is 6.61 Å². The molecule has 2 rings (SSSR count). The molecular weight excluding hydrogens is 272 g/mol. The van der Waals surface area contributed by atoms with Gasteiger partial charge in [-0.25, -0.2) is 0 Å². The average Bonchev–Trinajstić information content (AvgIpc) is 2.76. The van der Waals surface area contributed by atoms with Crippen LogP contribution in [0.3, 0.4) is 0 Å². The molecular formula is C11H12N2O5S. The van der Waals surface area contributed by atoms with E-state index >= 15 is 0 Å². The van der Waals surface area contributed by atoms with Gasteiger partial charge >= 0.3 is 0 Å². The van der Waals surface area contributed by atoms with Gasteiger partial charge in [-0.05, 0) is 19.1 Å². The van der Waals surface area contributed by atoms with Crippen molar-refractivity contribution in [1.29, 1.82) is 0 Å². The molecule has 0 aliphatic carbocycles. The second-order valence-electron chi connectivity index (χ2n) is 3.66.